The van der Waals surface area contributed by atoms with Gasteiger partial charge in [-0.2, -0.15) is 0 Å². The summed E-state index contributed by atoms with van der Waals surface area (Å²) in [7, 11) is 0. The number of benzene rings is 3. The summed E-state index contributed by atoms with van der Waals surface area (Å²) in [6.45, 7) is 4.63. The summed E-state index contributed by atoms with van der Waals surface area (Å²) in [6, 6.07) is 24.2. The van der Waals surface area contributed by atoms with Crippen molar-refractivity contribution in [2.24, 2.45) is 0 Å². The van der Waals surface area contributed by atoms with Gasteiger partial charge in [0.2, 0.25) is 11.3 Å². The second-order valence-electron chi connectivity index (χ2n) is 9.57. The Kier molecular flexibility index (Phi) is 10.3. The van der Waals surface area contributed by atoms with E-state index in [1.165, 1.54) is 4.41 Å². The van der Waals surface area contributed by atoms with E-state index >= 15 is 0 Å². The van der Waals surface area contributed by atoms with E-state index in [4.69, 9.17) is 9.84 Å². The van der Waals surface area contributed by atoms with Gasteiger partial charge in [0.1, 0.15) is 12.4 Å². The van der Waals surface area contributed by atoms with Gasteiger partial charge in [0.05, 0.1) is 6.42 Å². The number of ether oxygens (including phenoxy) is 1. The average molecular weight is 567 g/mol. The van der Waals surface area contributed by atoms with Crippen LogP contribution >= 0.6 is 0 Å². The third-order valence-electron chi connectivity index (χ3n) is 6.63. The number of hydrogen-bond acceptors (Lipinski definition) is 6. The fourth-order valence-electron chi connectivity index (χ4n) is 4.62. The van der Waals surface area contributed by atoms with Gasteiger partial charge in [-0.05, 0) is 54.4 Å². The molecule has 1 fully saturated rings. The fourth-order valence-corrected chi connectivity index (χ4v) is 5.36. The number of hydrogen-bond donors (Lipinski definition) is 3. The predicted octanol–water partition coefficient (Wildman–Crippen LogP) is 3.53. The molecule has 0 bridgehead atoms. The second-order valence-corrected chi connectivity index (χ2v) is 10.4. The van der Waals surface area contributed by atoms with Gasteiger partial charge in [-0.15, -0.1) is 4.41 Å². The van der Waals surface area contributed by atoms with Crippen molar-refractivity contribution in [3.8, 4) is 5.75 Å². The van der Waals surface area contributed by atoms with Crippen molar-refractivity contribution < 1.29 is 28.2 Å². The molecule has 2 atom stereocenters. The van der Waals surface area contributed by atoms with E-state index in [-0.39, 0.29) is 12.3 Å². The molecule has 2 unspecified atom stereocenters. The van der Waals surface area contributed by atoms with Gasteiger partial charge in [0.15, 0.2) is 0 Å². The van der Waals surface area contributed by atoms with Crippen LogP contribution in [0.5, 0.6) is 5.75 Å². The number of nitrogens with one attached hydrogen (secondary N) is 1. The van der Waals surface area contributed by atoms with E-state index in [0.29, 0.717) is 50.6 Å². The van der Waals surface area contributed by atoms with Crippen LogP contribution in [0.4, 0.5) is 5.69 Å². The molecule has 1 aliphatic heterocycles. The lowest BCUT2D eigenvalue weighted by Crippen LogP contribution is -2.57. The highest BCUT2D eigenvalue weighted by Gasteiger charge is 2.30. The molecule has 4 rings (SSSR count). The topological polar surface area (TPSA) is 123 Å². The van der Waals surface area contributed by atoms with Crippen molar-refractivity contribution in [1.82, 2.24) is 14.7 Å². The molecular formula is C29H34N4O6S. The first-order valence-corrected chi connectivity index (χ1v) is 14.1. The highest BCUT2D eigenvalue weighted by atomic mass is 32.2. The van der Waals surface area contributed by atoms with Gasteiger partial charge >= 0.3 is 5.97 Å². The first kappa shape index (κ1) is 29.2. The zero-order valence-electron chi connectivity index (χ0n) is 22.3. The van der Waals surface area contributed by atoms with Crippen LogP contribution in [0.15, 0.2) is 78.9 Å². The van der Waals surface area contributed by atoms with Crippen LogP contribution in [0.1, 0.15) is 34.8 Å². The Labute approximate surface area is 236 Å². The number of anilines is 1. The van der Waals surface area contributed by atoms with Crippen molar-refractivity contribution in [2.45, 2.75) is 32.5 Å². The second kappa shape index (κ2) is 14.0. The number of carboxylic acid groups (broad SMARTS) is 1. The maximum atomic E-state index is 12.6. The summed E-state index contributed by atoms with van der Waals surface area (Å²) < 4.78 is 28.8. The van der Waals surface area contributed by atoms with Crippen LogP contribution < -0.4 is 15.0 Å². The largest absolute Gasteiger partial charge is 0.489 e. The third kappa shape index (κ3) is 8.12. The van der Waals surface area contributed by atoms with Crippen molar-refractivity contribution in [3.05, 3.63) is 95.6 Å². The Morgan fingerprint density at radius 2 is 1.65 bits per heavy atom. The molecule has 40 heavy (non-hydrogen) atoms. The zero-order chi connectivity index (χ0) is 28.5. The summed E-state index contributed by atoms with van der Waals surface area (Å²) in [4.78, 5) is 25.8. The first-order chi connectivity index (χ1) is 19.3. The van der Waals surface area contributed by atoms with Gasteiger partial charge in [-0.3, -0.25) is 14.1 Å². The SMILES string of the molecule is CC(CC(=O)O)N(N1CCN(c2ccc(OCc3cccc(C(=O)NCc4ccccc4)c3)cc2)CC1)S(=O)O. The van der Waals surface area contributed by atoms with Crippen molar-refractivity contribution in [1.29, 1.82) is 0 Å². The minimum atomic E-state index is -2.30. The molecule has 0 aliphatic carbocycles. The molecule has 3 aromatic carbocycles. The van der Waals surface area contributed by atoms with Crippen LogP contribution in [0.3, 0.4) is 0 Å². The molecular weight excluding hydrogens is 532 g/mol. The average Bonchev–Trinajstić information content (AvgIpc) is 2.96. The van der Waals surface area contributed by atoms with E-state index in [9.17, 15) is 18.4 Å². The highest BCUT2D eigenvalue weighted by Crippen LogP contribution is 2.23. The van der Waals surface area contributed by atoms with Crippen LogP contribution in [0.25, 0.3) is 0 Å². The molecule has 3 N–H and O–H groups in total. The molecule has 212 valence electrons. The lowest BCUT2D eigenvalue weighted by atomic mass is 10.1. The van der Waals surface area contributed by atoms with E-state index < -0.39 is 23.3 Å². The minimum Gasteiger partial charge on any atom is -0.489 e. The van der Waals surface area contributed by atoms with Crippen LogP contribution in [0, 0.1) is 0 Å². The maximum Gasteiger partial charge on any atom is 0.305 e. The molecule has 11 heteroatoms. The fraction of sp³-hybridized carbons (Fsp3) is 0.310. The molecule has 0 radical (unpaired) electrons. The van der Waals surface area contributed by atoms with Gasteiger partial charge in [-0.25, -0.2) is 9.22 Å². The molecule has 0 spiro atoms. The van der Waals surface area contributed by atoms with E-state index in [1.54, 1.807) is 18.0 Å². The molecule has 1 heterocycles. The van der Waals surface area contributed by atoms with Crippen molar-refractivity contribution in [2.75, 3.05) is 31.1 Å². The molecule has 3 aromatic rings. The summed E-state index contributed by atoms with van der Waals surface area (Å²) >= 11 is -2.30. The smallest absolute Gasteiger partial charge is 0.305 e. The standard InChI is InChI=1S/C29H34N4O6S/c1-22(18-28(34)35)33(40(37)38)32-16-14-31(15-17-32)26-10-12-27(13-11-26)39-21-24-8-5-9-25(19-24)29(36)30-20-23-6-3-2-4-7-23/h2-13,19,22H,14-18,20-21H2,1H3,(H,30,36)(H,34,35)(H,37,38). The number of piperazine rings is 1. The summed E-state index contributed by atoms with van der Waals surface area (Å²) in [5.74, 6) is -0.452. The molecule has 0 saturated carbocycles. The number of hydrazine groups is 1. The Morgan fingerprint density at radius 3 is 2.30 bits per heavy atom. The molecule has 1 saturated heterocycles. The summed E-state index contributed by atoms with van der Waals surface area (Å²) in [6.07, 6.45) is -0.222. The Bertz CT molecular complexity index is 1300. The molecule has 10 nitrogen and oxygen atoms in total. The van der Waals surface area contributed by atoms with E-state index in [0.717, 1.165) is 16.8 Å². The summed E-state index contributed by atoms with van der Waals surface area (Å²) in [5, 5.41) is 13.7. The predicted molar refractivity (Wildman–Crippen MR) is 153 cm³/mol. The Hall–Kier alpha value is -3.77. The third-order valence-corrected chi connectivity index (χ3v) is 7.55. The van der Waals surface area contributed by atoms with Crippen LogP contribution in [-0.2, 0) is 29.2 Å². The number of carbonyl (C=O) groups excluding carboxylic acids is 1. The van der Waals surface area contributed by atoms with Gasteiger partial charge in [0.25, 0.3) is 5.91 Å². The lowest BCUT2D eigenvalue weighted by molar-refractivity contribution is -0.139. The van der Waals surface area contributed by atoms with E-state index in [1.807, 2.05) is 72.8 Å². The zero-order valence-corrected chi connectivity index (χ0v) is 23.1. The number of amides is 1. The summed E-state index contributed by atoms with van der Waals surface area (Å²) in [5.41, 5.74) is 3.50. The van der Waals surface area contributed by atoms with Gasteiger partial charge < -0.3 is 20.1 Å². The van der Waals surface area contributed by atoms with E-state index in [2.05, 4.69) is 10.2 Å². The lowest BCUT2D eigenvalue weighted by Gasteiger charge is -2.41. The highest BCUT2D eigenvalue weighted by molar-refractivity contribution is 7.76. The minimum absolute atomic E-state index is 0.139. The Morgan fingerprint density at radius 1 is 0.975 bits per heavy atom. The number of rotatable bonds is 12. The number of aliphatic carboxylic acids is 1. The van der Waals surface area contributed by atoms with Gasteiger partial charge in [-0.1, -0.05) is 42.5 Å². The Balaban J connectivity index is 1.27. The molecule has 1 amide bonds. The maximum absolute atomic E-state index is 12.6. The number of carbonyl (C=O) groups is 2. The van der Waals surface area contributed by atoms with Crippen LogP contribution in [0.2, 0.25) is 0 Å². The van der Waals surface area contributed by atoms with Gasteiger partial charge in [0, 0.05) is 50.0 Å². The van der Waals surface area contributed by atoms with Crippen molar-refractivity contribution in [3.63, 3.8) is 0 Å². The first-order valence-electron chi connectivity index (χ1n) is 13.1. The molecule has 0 aromatic heterocycles. The number of carboxylic acids is 1. The van der Waals surface area contributed by atoms with Crippen molar-refractivity contribution >= 4 is 28.8 Å². The van der Waals surface area contributed by atoms with Crippen LogP contribution in [-0.4, -0.2) is 67.4 Å². The monoisotopic (exact) mass is 566 g/mol. The normalized spacial score (nSPS) is 15.4. The quantitative estimate of drug-likeness (QED) is 0.285. The number of nitrogens with zero attached hydrogens (tertiary/aromatic N) is 3. The molecule has 1 aliphatic rings.